The van der Waals surface area contributed by atoms with Gasteiger partial charge in [0.1, 0.15) is 29.3 Å². The summed E-state index contributed by atoms with van der Waals surface area (Å²) in [6, 6.07) is 9.27. The van der Waals surface area contributed by atoms with Crippen LogP contribution in [-0.4, -0.2) is 17.6 Å². The van der Waals surface area contributed by atoms with Crippen LogP contribution in [0, 0.1) is 28.7 Å². The van der Waals surface area contributed by atoms with E-state index in [1.54, 1.807) is 0 Å². The standard InChI is InChI=1S/C20H20N8O/c21-7-14-16(23)15-17(26-20(25-10-22)28-19(15)27-18(14)24)13-3-1-2-12(6-13)9-29-8-11-4-5-11/h1-3,6,11,17H,4-5,8-9H2,(H6,23,24,25,26,27,28). The number of hydrogen-bond donors (Lipinski definition) is 4. The fraction of sp³-hybridized carbons (Fsp3) is 0.300. The molecule has 2 aliphatic rings. The predicted molar refractivity (Wildman–Crippen MR) is 108 cm³/mol. The van der Waals surface area contributed by atoms with Gasteiger partial charge in [-0.25, -0.2) is 9.98 Å². The maximum atomic E-state index is 9.41. The number of nitriles is 2. The highest BCUT2D eigenvalue weighted by atomic mass is 16.5. The van der Waals surface area contributed by atoms with Gasteiger partial charge in [0.05, 0.1) is 12.3 Å². The number of nitrogen functional groups attached to an aromatic ring is 2. The Morgan fingerprint density at radius 1 is 1.28 bits per heavy atom. The van der Waals surface area contributed by atoms with E-state index < -0.39 is 6.04 Å². The average Bonchev–Trinajstić information content (AvgIpc) is 3.52. The van der Waals surface area contributed by atoms with Crippen LogP contribution >= 0.6 is 0 Å². The normalized spacial score (nSPS) is 17.3. The lowest BCUT2D eigenvalue weighted by atomic mass is 9.94. The highest BCUT2D eigenvalue weighted by Crippen LogP contribution is 2.40. The molecule has 1 fully saturated rings. The van der Waals surface area contributed by atoms with Crippen molar-refractivity contribution in [2.75, 3.05) is 23.4 Å². The van der Waals surface area contributed by atoms with E-state index in [0.717, 1.165) is 17.7 Å². The van der Waals surface area contributed by atoms with Gasteiger partial charge in [0.15, 0.2) is 6.19 Å². The summed E-state index contributed by atoms with van der Waals surface area (Å²) in [5, 5.41) is 23.8. The van der Waals surface area contributed by atoms with E-state index in [0.29, 0.717) is 23.9 Å². The van der Waals surface area contributed by atoms with E-state index in [1.807, 2.05) is 36.5 Å². The molecule has 2 heterocycles. The first-order valence-corrected chi connectivity index (χ1v) is 9.26. The van der Waals surface area contributed by atoms with Crippen molar-refractivity contribution < 1.29 is 4.74 Å². The van der Waals surface area contributed by atoms with Gasteiger partial charge in [-0.1, -0.05) is 24.3 Å². The van der Waals surface area contributed by atoms with Crippen LogP contribution in [0.15, 0.2) is 29.3 Å². The zero-order valence-corrected chi connectivity index (χ0v) is 15.6. The van der Waals surface area contributed by atoms with Crippen LogP contribution in [0.5, 0.6) is 0 Å². The summed E-state index contributed by atoms with van der Waals surface area (Å²) in [6.07, 6.45) is 4.33. The number of pyridine rings is 1. The second-order valence-electron chi connectivity index (χ2n) is 7.11. The third-order valence-corrected chi connectivity index (χ3v) is 4.94. The van der Waals surface area contributed by atoms with Crippen molar-refractivity contribution in [3.05, 3.63) is 46.5 Å². The van der Waals surface area contributed by atoms with Gasteiger partial charge in [-0.2, -0.15) is 10.5 Å². The summed E-state index contributed by atoms with van der Waals surface area (Å²) in [5.41, 5.74) is 14.9. The summed E-state index contributed by atoms with van der Waals surface area (Å²) in [4.78, 5) is 8.83. The number of benzene rings is 1. The van der Waals surface area contributed by atoms with Crippen LogP contribution in [0.1, 0.15) is 41.1 Å². The van der Waals surface area contributed by atoms with Crippen molar-refractivity contribution in [1.82, 2.24) is 10.3 Å². The Bertz CT molecular complexity index is 1060. The number of guanidine groups is 1. The maximum Gasteiger partial charge on any atom is 0.211 e. The predicted octanol–water partition coefficient (Wildman–Crippen LogP) is 1.99. The monoisotopic (exact) mass is 388 g/mol. The fourth-order valence-electron chi connectivity index (χ4n) is 3.30. The topological polar surface area (TPSA) is 158 Å². The van der Waals surface area contributed by atoms with Gasteiger partial charge in [-0.05, 0) is 29.9 Å². The molecule has 1 saturated carbocycles. The Morgan fingerprint density at radius 2 is 2.10 bits per heavy atom. The lowest BCUT2D eigenvalue weighted by Crippen LogP contribution is -2.32. The minimum atomic E-state index is -0.550. The number of nitrogens with one attached hydrogen (secondary N) is 2. The molecule has 1 aliphatic carbocycles. The Morgan fingerprint density at radius 3 is 2.83 bits per heavy atom. The van der Waals surface area contributed by atoms with Gasteiger partial charge >= 0.3 is 0 Å². The van der Waals surface area contributed by atoms with Gasteiger partial charge in [0.2, 0.25) is 5.96 Å². The number of anilines is 3. The molecule has 29 heavy (non-hydrogen) atoms. The van der Waals surface area contributed by atoms with Gasteiger partial charge in [0.25, 0.3) is 0 Å². The van der Waals surface area contributed by atoms with E-state index in [2.05, 4.69) is 20.6 Å². The first-order valence-electron chi connectivity index (χ1n) is 9.26. The first-order chi connectivity index (χ1) is 14.1. The van der Waals surface area contributed by atoms with Crippen molar-refractivity contribution in [2.24, 2.45) is 10.9 Å². The molecule has 1 aromatic carbocycles. The molecule has 6 N–H and O–H groups in total. The first kappa shape index (κ1) is 18.5. The van der Waals surface area contributed by atoms with Crippen molar-refractivity contribution in [3.63, 3.8) is 0 Å². The summed E-state index contributed by atoms with van der Waals surface area (Å²) >= 11 is 0. The zero-order chi connectivity index (χ0) is 20.4. The molecule has 1 aliphatic heterocycles. The number of aliphatic imine (C=N–C) groups is 1. The molecule has 9 heteroatoms. The molecule has 4 rings (SSSR count). The Kier molecular flexibility index (Phi) is 4.90. The van der Waals surface area contributed by atoms with Gasteiger partial charge in [-0.15, -0.1) is 0 Å². The van der Waals surface area contributed by atoms with Crippen molar-refractivity contribution in [2.45, 2.75) is 25.5 Å². The van der Waals surface area contributed by atoms with E-state index >= 15 is 0 Å². The van der Waals surface area contributed by atoms with Gasteiger partial charge < -0.3 is 21.5 Å². The van der Waals surface area contributed by atoms with Gasteiger partial charge in [0, 0.05) is 12.2 Å². The van der Waals surface area contributed by atoms with Crippen LogP contribution < -0.4 is 22.1 Å². The van der Waals surface area contributed by atoms with Crippen LogP contribution in [-0.2, 0) is 11.3 Å². The summed E-state index contributed by atoms with van der Waals surface area (Å²) in [7, 11) is 0. The van der Waals surface area contributed by atoms with E-state index in [9.17, 15) is 5.26 Å². The second kappa shape index (κ2) is 7.66. The lowest BCUT2D eigenvalue weighted by Gasteiger charge is -2.26. The molecule has 1 aromatic heterocycles. The number of aromatic nitrogens is 1. The minimum absolute atomic E-state index is 0.0236. The lowest BCUT2D eigenvalue weighted by molar-refractivity contribution is 0.111. The molecular weight excluding hydrogens is 368 g/mol. The molecule has 2 aromatic rings. The Hall–Kier alpha value is -3.82. The largest absolute Gasteiger partial charge is 0.397 e. The molecule has 1 atom stereocenters. The van der Waals surface area contributed by atoms with Crippen molar-refractivity contribution >= 4 is 23.3 Å². The number of nitrogens with zero attached hydrogens (tertiary/aromatic N) is 4. The molecule has 0 spiro atoms. The number of nitrogens with two attached hydrogens (primary N) is 2. The Balaban J connectivity index is 1.72. The average molecular weight is 388 g/mol. The summed E-state index contributed by atoms with van der Waals surface area (Å²) < 4.78 is 5.79. The number of rotatable bonds is 5. The van der Waals surface area contributed by atoms with Crippen LogP contribution in [0.4, 0.5) is 17.3 Å². The van der Waals surface area contributed by atoms with Crippen molar-refractivity contribution in [1.29, 1.82) is 10.5 Å². The van der Waals surface area contributed by atoms with E-state index in [1.165, 1.54) is 12.8 Å². The molecule has 0 saturated heterocycles. The van der Waals surface area contributed by atoms with Crippen molar-refractivity contribution in [3.8, 4) is 12.3 Å². The van der Waals surface area contributed by atoms with Crippen LogP contribution in [0.2, 0.25) is 0 Å². The van der Waals surface area contributed by atoms with Gasteiger partial charge in [-0.3, -0.25) is 5.32 Å². The Labute approximate surface area is 168 Å². The molecule has 0 amide bonds. The zero-order valence-electron chi connectivity index (χ0n) is 15.6. The quantitative estimate of drug-likeness (QED) is 0.447. The maximum absolute atomic E-state index is 9.41. The number of hydrogen-bond acceptors (Lipinski definition) is 9. The molecule has 0 radical (unpaired) electrons. The molecule has 146 valence electrons. The van der Waals surface area contributed by atoms with E-state index in [4.69, 9.17) is 21.5 Å². The number of fused-ring (bicyclic) bond motifs is 1. The SMILES string of the molecule is N#CNC1=NC(c2cccc(COCC3CC3)c2)c2c(nc(N)c(C#N)c2N)N1. The van der Waals surface area contributed by atoms with Crippen LogP contribution in [0.3, 0.4) is 0 Å². The fourth-order valence-corrected chi connectivity index (χ4v) is 3.30. The molecular formula is C20H20N8O. The van der Waals surface area contributed by atoms with Crippen LogP contribution in [0.25, 0.3) is 0 Å². The molecule has 1 unspecified atom stereocenters. The highest BCUT2D eigenvalue weighted by molar-refractivity contribution is 5.98. The smallest absolute Gasteiger partial charge is 0.211 e. The summed E-state index contributed by atoms with van der Waals surface area (Å²) in [5.74, 6) is 1.32. The molecule has 9 nitrogen and oxygen atoms in total. The highest BCUT2D eigenvalue weighted by Gasteiger charge is 2.29. The third kappa shape index (κ3) is 3.77. The second-order valence-corrected chi connectivity index (χ2v) is 7.11. The number of ether oxygens (including phenoxy) is 1. The third-order valence-electron chi connectivity index (χ3n) is 4.94. The van der Waals surface area contributed by atoms with E-state index in [-0.39, 0.29) is 23.0 Å². The minimum Gasteiger partial charge on any atom is -0.397 e. The molecule has 0 bridgehead atoms. The summed E-state index contributed by atoms with van der Waals surface area (Å²) in [6.45, 7) is 1.28.